The first-order chi connectivity index (χ1) is 8.14. The van der Waals surface area contributed by atoms with Crippen molar-refractivity contribution in [3.05, 3.63) is 17.5 Å². The van der Waals surface area contributed by atoms with E-state index in [9.17, 15) is 16.8 Å². The lowest BCUT2D eigenvalue weighted by Crippen LogP contribution is -2.17. The molecule has 0 aliphatic carbocycles. The van der Waals surface area contributed by atoms with E-state index in [1.54, 1.807) is 6.07 Å². The normalized spacial score (nSPS) is 12.1. The first kappa shape index (κ1) is 14.8. The molecular formula is C8H8ClN3O4S2. The average molecular weight is 310 g/mol. The van der Waals surface area contributed by atoms with E-state index in [0.29, 0.717) is 5.69 Å². The molecule has 0 saturated heterocycles. The first-order valence-corrected chi connectivity index (χ1v) is 8.68. The van der Waals surface area contributed by atoms with E-state index in [4.69, 9.17) is 15.9 Å². The highest BCUT2D eigenvalue weighted by Crippen LogP contribution is 2.09. The van der Waals surface area contributed by atoms with Crippen LogP contribution < -0.4 is 0 Å². The quantitative estimate of drug-likeness (QED) is 0.567. The number of halogens is 1. The van der Waals surface area contributed by atoms with Crippen LogP contribution in [0.5, 0.6) is 0 Å². The minimum atomic E-state index is -3.99. The molecule has 0 fully saturated rings. The third-order valence-electron chi connectivity index (χ3n) is 1.82. The van der Waals surface area contributed by atoms with Gasteiger partial charge in [0, 0.05) is 16.4 Å². The molecule has 0 spiro atoms. The number of nitriles is 1. The number of rotatable bonds is 4. The highest BCUT2D eigenvalue weighted by Gasteiger charge is 2.22. The fourth-order valence-electron chi connectivity index (χ4n) is 1.04. The first-order valence-electron chi connectivity index (χ1n) is 4.55. The molecular weight excluding hydrogens is 302 g/mol. The van der Waals surface area contributed by atoms with Gasteiger partial charge >= 0.3 is 0 Å². The summed E-state index contributed by atoms with van der Waals surface area (Å²) >= 11 is 0. The Morgan fingerprint density at radius 3 is 2.39 bits per heavy atom. The Morgan fingerprint density at radius 2 is 1.89 bits per heavy atom. The third kappa shape index (κ3) is 4.21. The van der Waals surface area contributed by atoms with Gasteiger partial charge in [-0.1, -0.05) is 0 Å². The van der Waals surface area contributed by atoms with Gasteiger partial charge in [0.05, 0.1) is 11.5 Å². The van der Waals surface area contributed by atoms with Gasteiger partial charge in [0.2, 0.25) is 24.0 Å². The maximum absolute atomic E-state index is 11.7. The van der Waals surface area contributed by atoms with Crippen molar-refractivity contribution < 1.29 is 16.8 Å². The highest BCUT2D eigenvalue weighted by molar-refractivity contribution is 8.14. The zero-order chi connectivity index (χ0) is 14.0. The summed E-state index contributed by atoms with van der Waals surface area (Å²) in [5, 5.41) is 8.09. The van der Waals surface area contributed by atoms with Gasteiger partial charge in [-0.15, -0.1) is 0 Å². The molecule has 0 saturated carbocycles. The van der Waals surface area contributed by atoms with E-state index in [0.717, 1.165) is 0 Å². The van der Waals surface area contributed by atoms with Gasteiger partial charge in [0.15, 0.2) is 0 Å². The maximum Gasteiger partial charge on any atom is 0.248 e. The van der Waals surface area contributed by atoms with Crippen molar-refractivity contribution in [3.8, 4) is 6.07 Å². The molecule has 0 N–H and O–H groups in total. The average Bonchev–Trinajstić information content (AvgIpc) is 2.25. The number of aromatic nitrogens is 2. The predicted molar refractivity (Wildman–Crippen MR) is 63.2 cm³/mol. The van der Waals surface area contributed by atoms with E-state index in [1.807, 2.05) is 0 Å². The second-order valence-electron chi connectivity index (χ2n) is 3.35. The van der Waals surface area contributed by atoms with E-state index < -0.39 is 35.6 Å². The van der Waals surface area contributed by atoms with Gasteiger partial charge in [0.25, 0.3) is 0 Å². The summed E-state index contributed by atoms with van der Waals surface area (Å²) in [5.74, 6) is -1.47. The Balaban J connectivity index is 3.14. The number of aryl methyl sites for hydroxylation is 1. The Hall–Kier alpha value is -1.24. The molecule has 0 bridgehead atoms. The smallest absolute Gasteiger partial charge is 0.224 e. The van der Waals surface area contributed by atoms with E-state index in [1.165, 1.54) is 13.0 Å². The largest absolute Gasteiger partial charge is 0.248 e. The van der Waals surface area contributed by atoms with Crippen LogP contribution in [0.2, 0.25) is 0 Å². The van der Waals surface area contributed by atoms with Crippen LogP contribution in [0.1, 0.15) is 11.4 Å². The van der Waals surface area contributed by atoms with Gasteiger partial charge in [-0.25, -0.2) is 26.8 Å². The standard InChI is InChI=1S/C8H8ClN3O4S2/c1-6-4-7(5-10)12-8(11-6)17(13,14)2-3-18(9,15)16/h4H,2-3H2,1H3. The van der Waals surface area contributed by atoms with Crippen molar-refractivity contribution in [3.63, 3.8) is 0 Å². The zero-order valence-electron chi connectivity index (χ0n) is 9.16. The topological polar surface area (TPSA) is 118 Å². The molecule has 0 atom stereocenters. The summed E-state index contributed by atoms with van der Waals surface area (Å²) in [6, 6.07) is 3.01. The van der Waals surface area contributed by atoms with E-state index in [2.05, 4.69) is 9.97 Å². The summed E-state index contributed by atoms with van der Waals surface area (Å²) in [6.07, 6.45) is 0. The SMILES string of the molecule is Cc1cc(C#N)nc(S(=O)(=O)CCS(=O)(=O)Cl)n1. The van der Waals surface area contributed by atoms with Crippen LogP contribution in [0.4, 0.5) is 0 Å². The molecule has 0 aliphatic rings. The highest BCUT2D eigenvalue weighted by atomic mass is 35.7. The van der Waals surface area contributed by atoms with Crippen molar-refractivity contribution in [2.45, 2.75) is 12.1 Å². The molecule has 10 heteroatoms. The number of hydrogen-bond donors (Lipinski definition) is 0. The van der Waals surface area contributed by atoms with Crippen LogP contribution >= 0.6 is 10.7 Å². The summed E-state index contributed by atoms with van der Waals surface area (Å²) in [4.78, 5) is 7.19. The van der Waals surface area contributed by atoms with Crippen molar-refractivity contribution >= 4 is 29.6 Å². The van der Waals surface area contributed by atoms with Crippen LogP contribution in [0.25, 0.3) is 0 Å². The van der Waals surface area contributed by atoms with Crippen molar-refractivity contribution in [2.24, 2.45) is 0 Å². The lowest BCUT2D eigenvalue weighted by atomic mass is 10.4. The monoisotopic (exact) mass is 309 g/mol. The zero-order valence-corrected chi connectivity index (χ0v) is 11.5. The number of sulfone groups is 1. The Bertz CT molecular complexity index is 706. The molecule has 1 heterocycles. The van der Waals surface area contributed by atoms with Crippen LogP contribution in [-0.2, 0) is 18.9 Å². The van der Waals surface area contributed by atoms with Crippen LogP contribution in [0, 0.1) is 18.3 Å². The molecule has 0 amide bonds. The van der Waals surface area contributed by atoms with Gasteiger partial charge in [-0.2, -0.15) is 5.26 Å². The molecule has 1 aromatic rings. The number of nitrogens with zero attached hydrogens (tertiary/aromatic N) is 3. The second kappa shape index (κ2) is 5.17. The maximum atomic E-state index is 11.7. The molecule has 18 heavy (non-hydrogen) atoms. The van der Waals surface area contributed by atoms with Gasteiger partial charge in [-0.3, -0.25) is 0 Å². The van der Waals surface area contributed by atoms with Crippen molar-refractivity contribution in [1.29, 1.82) is 5.26 Å². The van der Waals surface area contributed by atoms with Crippen molar-refractivity contribution in [1.82, 2.24) is 9.97 Å². The Kier molecular flexibility index (Phi) is 4.26. The lowest BCUT2D eigenvalue weighted by Gasteiger charge is -2.02. The lowest BCUT2D eigenvalue weighted by molar-refractivity contribution is 0.584. The Labute approximate surface area is 109 Å². The summed E-state index contributed by atoms with van der Waals surface area (Å²) in [5.41, 5.74) is 0.198. The molecule has 0 aromatic carbocycles. The summed E-state index contributed by atoms with van der Waals surface area (Å²) < 4.78 is 44.9. The molecule has 0 aliphatic heterocycles. The van der Waals surface area contributed by atoms with E-state index >= 15 is 0 Å². The third-order valence-corrected chi connectivity index (χ3v) is 4.72. The minimum absolute atomic E-state index is 0.102. The van der Waals surface area contributed by atoms with Crippen LogP contribution in [-0.4, -0.2) is 38.3 Å². The fourth-order valence-corrected chi connectivity index (χ4v) is 3.98. The molecule has 7 nitrogen and oxygen atoms in total. The molecule has 1 rings (SSSR count). The predicted octanol–water partition coefficient (Wildman–Crippen LogP) is -0.00100. The van der Waals surface area contributed by atoms with Crippen LogP contribution in [0.15, 0.2) is 11.2 Å². The fraction of sp³-hybridized carbons (Fsp3) is 0.375. The molecule has 1 aromatic heterocycles. The van der Waals surface area contributed by atoms with E-state index in [-0.39, 0.29) is 5.69 Å². The molecule has 0 unspecified atom stereocenters. The van der Waals surface area contributed by atoms with Crippen LogP contribution in [0.3, 0.4) is 0 Å². The second-order valence-corrected chi connectivity index (χ2v) is 8.25. The van der Waals surface area contributed by atoms with Crippen molar-refractivity contribution in [2.75, 3.05) is 11.5 Å². The Morgan fingerprint density at radius 1 is 1.28 bits per heavy atom. The van der Waals surface area contributed by atoms with Gasteiger partial charge in [0.1, 0.15) is 11.8 Å². The molecule has 0 radical (unpaired) electrons. The molecule has 98 valence electrons. The minimum Gasteiger partial charge on any atom is -0.224 e. The van der Waals surface area contributed by atoms with Gasteiger partial charge < -0.3 is 0 Å². The summed E-state index contributed by atoms with van der Waals surface area (Å²) in [6.45, 7) is 1.50. The number of hydrogen-bond acceptors (Lipinski definition) is 7. The van der Waals surface area contributed by atoms with Gasteiger partial charge in [-0.05, 0) is 13.0 Å². The summed E-state index contributed by atoms with van der Waals surface area (Å²) in [7, 11) is -2.97.